The molecular formula is C13H12O3. The van der Waals surface area contributed by atoms with Crippen LogP contribution in [0.3, 0.4) is 0 Å². The lowest BCUT2D eigenvalue weighted by molar-refractivity contribution is -0.139. The first-order valence-corrected chi connectivity index (χ1v) is 5.18. The molecule has 0 aliphatic carbocycles. The fourth-order valence-corrected chi connectivity index (χ4v) is 1.87. The van der Waals surface area contributed by atoms with Gasteiger partial charge in [0, 0.05) is 18.4 Å². The van der Waals surface area contributed by atoms with Crippen LogP contribution in [0.2, 0.25) is 0 Å². The summed E-state index contributed by atoms with van der Waals surface area (Å²) in [5.74, 6) is -0.418. The van der Waals surface area contributed by atoms with Gasteiger partial charge in [0.05, 0.1) is 0 Å². The van der Waals surface area contributed by atoms with E-state index < -0.39 is 0 Å². The van der Waals surface area contributed by atoms with Crippen molar-refractivity contribution in [1.82, 2.24) is 0 Å². The molecule has 0 saturated heterocycles. The predicted octanol–water partition coefficient (Wildman–Crippen LogP) is 1.84. The van der Waals surface area contributed by atoms with Gasteiger partial charge in [-0.3, -0.25) is 0 Å². The van der Waals surface area contributed by atoms with Crippen molar-refractivity contribution in [3.8, 4) is 0 Å². The summed E-state index contributed by atoms with van der Waals surface area (Å²) in [7, 11) is 0. The van der Waals surface area contributed by atoms with Crippen LogP contribution in [0.15, 0.2) is 42.5 Å². The van der Waals surface area contributed by atoms with Crippen LogP contribution in [0, 0.1) is 0 Å². The molecule has 1 aromatic rings. The Balaban J connectivity index is 2.21. The molecule has 0 aromatic heterocycles. The van der Waals surface area contributed by atoms with Crippen LogP contribution in [0.1, 0.15) is 17.9 Å². The van der Waals surface area contributed by atoms with Gasteiger partial charge in [0.15, 0.2) is 0 Å². The second-order valence-corrected chi connectivity index (χ2v) is 3.68. The first-order chi connectivity index (χ1) is 7.81. The predicted molar refractivity (Wildman–Crippen MR) is 58.9 cm³/mol. The van der Waals surface area contributed by atoms with Crippen LogP contribution >= 0.6 is 0 Å². The molecule has 1 aliphatic rings. The van der Waals surface area contributed by atoms with Gasteiger partial charge in [0.1, 0.15) is 12.4 Å². The Morgan fingerprint density at radius 2 is 2.06 bits per heavy atom. The summed E-state index contributed by atoms with van der Waals surface area (Å²) in [5, 5.41) is 0. The monoisotopic (exact) mass is 216 g/mol. The lowest BCUT2D eigenvalue weighted by Gasteiger charge is -2.19. The molecule has 1 heterocycles. The molecular weight excluding hydrogens is 204 g/mol. The summed E-state index contributed by atoms with van der Waals surface area (Å²) in [6, 6.07) is 9.61. The highest BCUT2D eigenvalue weighted by molar-refractivity contribution is 5.84. The minimum Gasteiger partial charge on any atom is -0.454 e. The Kier molecular flexibility index (Phi) is 3.15. The third-order valence-electron chi connectivity index (χ3n) is 2.65. The maximum absolute atomic E-state index is 11.0. The molecule has 0 saturated carbocycles. The molecule has 16 heavy (non-hydrogen) atoms. The molecule has 0 radical (unpaired) electrons. The Morgan fingerprint density at radius 1 is 1.31 bits per heavy atom. The van der Waals surface area contributed by atoms with Gasteiger partial charge in [0.2, 0.25) is 0 Å². The number of aldehydes is 1. The van der Waals surface area contributed by atoms with Gasteiger partial charge in [0.25, 0.3) is 0 Å². The van der Waals surface area contributed by atoms with Crippen molar-refractivity contribution in [3.05, 3.63) is 48.0 Å². The third kappa shape index (κ3) is 2.19. The fourth-order valence-electron chi connectivity index (χ4n) is 1.87. The Morgan fingerprint density at radius 3 is 2.62 bits per heavy atom. The van der Waals surface area contributed by atoms with Crippen molar-refractivity contribution in [1.29, 1.82) is 0 Å². The number of hydrogen-bond donors (Lipinski definition) is 0. The Bertz CT molecular complexity index is 408. The number of benzene rings is 1. The van der Waals surface area contributed by atoms with Crippen LogP contribution in [0.25, 0.3) is 0 Å². The average molecular weight is 216 g/mol. The zero-order chi connectivity index (χ0) is 11.4. The molecule has 0 fully saturated rings. The van der Waals surface area contributed by atoms with Crippen LogP contribution in [0.4, 0.5) is 0 Å². The van der Waals surface area contributed by atoms with E-state index in [4.69, 9.17) is 4.74 Å². The molecule has 0 bridgehead atoms. The van der Waals surface area contributed by atoms with E-state index in [0.29, 0.717) is 6.42 Å². The SMILES string of the molecule is O=CC[C@@H](c1ccccc1)[C@@H]1C=CC(=O)O1. The van der Waals surface area contributed by atoms with Crippen LogP contribution in [-0.4, -0.2) is 18.4 Å². The van der Waals surface area contributed by atoms with Crippen molar-refractivity contribution in [2.45, 2.75) is 18.4 Å². The van der Waals surface area contributed by atoms with Crippen LogP contribution < -0.4 is 0 Å². The van der Waals surface area contributed by atoms with Gasteiger partial charge in [-0.1, -0.05) is 30.3 Å². The van der Waals surface area contributed by atoms with E-state index in [1.54, 1.807) is 6.08 Å². The van der Waals surface area contributed by atoms with Crippen molar-refractivity contribution in [2.75, 3.05) is 0 Å². The lowest BCUT2D eigenvalue weighted by atomic mass is 9.91. The van der Waals surface area contributed by atoms with Crippen molar-refractivity contribution in [3.63, 3.8) is 0 Å². The normalized spacial score (nSPS) is 20.5. The number of rotatable bonds is 4. The van der Waals surface area contributed by atoms with Gasteiger partial charge in [-0.05, 0) is 11.6 Å². The maximum atomic E-state index is 11.0. The zero-order valence-electron chi connectivity index (χ0n) is 8.71. The summed E-state index contributed by atoms with van der Waals surface area (Å²) in [6.07, 6.45) is 4.01. The third-order valence-corrected chi connectivity index (χ3v) is 2.65. The van der Waals surface area contributed by atoms with E-state index in [-0.39, 0.29) is 18.0 Å². The van der Waals surface area contributed by atoms with Gasteiger partial charge < -0.3 is 9.53 Å². The Hall–Kier alpha value is -1.90. The quantitative estimate of drug-likeness (QED) is 0.569. The van der Waals surface area contributed by atoms with Crippen molar-refractivity contribution >= 4 is 12.3 Å². The summed E-state index contributed by atoms with van der Waals surface area (Å²) < 4.78 is 5.12. The number of cyclic esters (lactones) is 1. The molecule has 0 amide bonds. The number of ether oxygens (including phenoxy) is 1. The minimum atomic E-state index is -0.336. The topological polar surface area (TPSA) is 43.4 Å². The second kappa shape index (κ2) is 4.75. The number of hydrogen-bond acceptors (Lipinski definition) is 3. The summed E-state index contributed by atoms with van der Waals surface area (Å²) in [6.45, 7) is 0. The van der Waals surface area contributed by atoms with Crippen LogP contribution in [-0.2, 0) is 14.3 Å². The van der Waals surface area contributed by atoms with Gasteiger partial charge in [-0.2, -0.15) is 0 Å². The molecule has 0 N–H and O–H groups in total. The lowest BCUT2D eigenvalue weighted by Crippen LogP contribution is -2.19. The first-order valence-electron chi connectivity index (χ1n) is 5.18. The van der Waals surface area contributed by atoms with E-state index >= 15 is 0 Å². The van der Waals surface area contributed by atoms with E-state index in [1.807, 2.05) is 30.3 Å². The van der Waals surface area contributed by atoms with Gasteiger partial charge in [-0.25, -0.2) is 4.79 Å². The molecule has 82 valence electrons. The van der Waals surface area contributed by atoms with Crippen molar-refractivity contribution in [2.24, 2.45) is 0 Å². The van der Waals surface area contributed by atoms with Crippen LogP contribution in [0.5, 0.6) is 0 Å². The number of carbonyl (C=O) groups is 2. The molecule has 0 spiro atoms. The minimum absolute atomic E-state index is 0.0820. The maximum Gasteiger partial charge on any atom is 0.331 e. The number of esters is 1. The van der Waals surface area contributed by atoms with E-state index in [2.05, 4.69) is 0 Å². The second-order valence-electron chi connectivity index (χ2n) is 3.68. The standard InChI is InChI=1S/C13H12O3/c14-9-8-11(10-4-2-1-3-5-10)12-6-7-13(15)16-12/h1-7,9,11-12H,8H2/t11-,12-/m0/s1. The van der Waals surface area contributed by atoms with E-state index in [9.17, 15) is 9.59 Å². The molecule has 3 heteroatoms. The smallest absolute Gasteiger partial charge is 0.331 e. The highest BCUT2D eigenvalue weighted by Gasteiger charge is 2.27. The first kappa shape index (κ1) is 10.6. The average Bonchev–Trinajstić information content (AvgIpc) is 2.74. The molecule has 0 unspecified atom stereocenters. The summed E-state index contributed by atoms with van der Waals surface area (Å²) in [5.41, 5.74) is 1.01. The van der Waals surface area contributed by atoms with Crippen molar-refractivity contribution < 1.29 is 14.3 Å². The number of carbonyl (C=O) groups excluding carboxylic acids is 2. The van der Waals surface area contributed by atoms with Gasteiger partial charge >= 0.3 is 5.97 Å². The fraction of sp³-hybridized carbons (Fsp3) is 0.231. The zero-order valence-corrected chi connectivity index (χ0v) is 8.71. The van der Waals surface area contributed by atoms with E-state index in [1.165, 1.54) is 6.08 Å². The molecule has 2 atom stereocenters. The molecule has 2 rings (SSSR count). The highest BCUT2D eigenvalue weighted by Crippen LogP contribution is 2.28. The van der Waals surface area contributed by atoms with E-state index in [0.717, 1.165) is 11.8 Å². The molecule has 1 aromatic carbocycles. The Labute approximate surface area is 93.7 Å². The highest BCUT2D eigenvalue weighted by atomic mass is 16.5. The molecule has 3 nitrogen and oxygen atoms in total. The summed E-state index contributed by atoms with van der Waals surface area (Å²) in [4.78, 5) is 21.7. The largest absolute Gasteiger partial charge is 0.454 e. The van der Waals surface area contributed by atoms with Gasteiger partial charge in [-0.15, -0.1) is 0 Å². The summed E-state index contributed by atoms with van der Waals surface area (Å²) >= 11 is 0. The molecule has 1 aliphatic heterocycles.